The second kappa shape index (κ2) is 6.94. The van der Waals surface area contributed by atoms with E-state index in [0.29, 0.717) is 22.6 Å². The van der Waals surface area contributed by atoms with Crippen molar-refractivity contribution in [3.8, 4) is 22.5 Å². The molecule has 4 bridgehead atoms. The van der Waals surface area contributed by atoms with Gasteiger partial charge in [0.1, 0.15) is 22.3 Å². The minimum atomic E-state index is 0.654. The monoisotopic (exact) mass is 516 g/mol. The van der Waals surface area contributed by atoms with Crippen molar-refractivity contribution < 1.29 is 0 Å². The van der Waals surface area contributed by atoms with Crippen LogP contribution in [0.15, 0.2) is 73.3 Å². The first-order valence-corrected chi connectivity index (χ1v) is 12.9. The van der Waals surface area contributed by atoms with Gasteiger partial charge in [-0.3, -0.25) is 9.97 Å². The van der Waals surface area contributed by atoms with Gasteiger partial charge in [0.2, 0.25) is 0 Å². The summed E-state index contributed by atoms with van der Waals surface area (Å²) in [4.78, 5) is 44.1. The van der Waals surface area contributed by atoms with Gasteiger partial charge in [0.15, 0.2) is 11.3 Å². The number of aromatic amines is 4. The summed E-state index contributed by atoms with van der Waals surface area (Å²) in [5.74, 6) is 0. The number of H-pyrrole nitrogens is 4. The molecule has 0 atom stereocenters. The molecule has 0 radical (unpaired) electrons. The van der Waals surface area contributed by atoms with Crippen LogP contribution in [0.1, 0.15) is 0 Å². The highest BCUT2D eigenvalue weighted by molar-refractivity contribution is 6.31. The number of hydrogen-bond donors (Lipinski definition) is 4. The average Bonchev–Trinajstić information content (AvgIpc) is 3.72. The van der Waals surface area contributed by atoms with Crippen molar-refractivity contribution in [1.82, 2.24) is 49.8 Å². The standard InChI is InChI=1S/C30H16N10/c1-5-13-19-17-18-20(36-30-24-16(8-4-12-34-24)27(40-30)37-25(17)21(13)31-9-1)14-6-2-10-32-22(14)26(18)38-28-15-7-3-11-33-23(15)29(35-19)39-28/h1-12,31-32H,(H,35,38,39)(H,36,37,40). The minimum Gasteiger partial charge on any atom is -0.359 e. The van der Waals surface area contributed by atoms with E-state index >= 15 is 0 Å². The summed E-state index contributed by atoms with van der Waals surface area (Å²) in [6.07, 6.45) is 7.38. The Bertz CT molecular complexity index is 2260. The number of aromatic nitrogens is 10. The molecule has 2 aliphatic heterocycles. The quantitative estimate of drug-likeness (QED) is 0.189. The highest BCUT2D eigenvalue weighted by Gasteiger charge is 2.26. The van der Waals surface area contributed by atoms with Crippen LogP contribution in [0.3, 0.4) is 0 Å². The summed E-state index contributed by atoms with van der Waals surface area (Å²) in [7, 11) is 0. The Morgan fingerprint density at radius 3 is 1.43 bits per heavy atom. The molecule has 0 amide bonds. The molecule has 10 heteroatoms. The molecule has 10 nitrogen and oxygen atoms in total. The predicted molar refractivity (Wildman–Crippen MR) is 155 cm³/mol. The molecule has 6 aromatic rings. The largest absolute Gasteiger partial charge is 0.359 e. The second-order valence-electron chi connectivity index (χ2n) is 9.95. The van der Waals surface area contributed by atoms with Gasteiger partial charge in [-0.15, -0.1) is 0 Å². The third-order valence-electron chi connectivity index (χ3n) is 7.84. The highest BCUT2D eigenvalue weighted by Crippen LogP contribution is 2.45. The summed E-state index contributed by atoms with van der Waals surface area (Å²) in [6.45, 7) is 0. The van der Waals surface area contributed by atoms with E-state index in [9.17, 15) is 0 Å². The molecule has 10 rings (SSSR count). The Hall–Kier alpha value is -5.90. The van der Waals surface area contributed by atoms with Crippen molar-refractivity contribution in [2.45, 2.75) is 0 Å². The first-order chi connectivity index (χ1) is 19.8. The third-order valence-corrected chi connectivity index (χ3v) is 7.84. The van der Waals surface area contributed by atoms with Crippen molar-refractivity contribution in [3.63, 3.8) is 0 Å². The topological polar surface area (TPSA) is 140 Å². The second-order valence-corrected chi connectivity index (χ2v) is 9.95. The van der Waals surface area contributed by atoms with Crippen LogP contribution in [-0.4, -0.2) is 49.8 Å². The normalized spacial score (nSPS) is 12.5. The van der Waals surface area contributed by atoms with E-state index in [1.165, 1.54) is 0 Å². The van der Waals surface area contributed by atoms with Crippen LogP contribution in [0.2, 0.25) is 0 Å². The van der Waals surface area contributed by atoms with E-state index in [1.807, 2.05) is 48.8 Å². The Kier molecular flexibility index (Phi) is 3.49. The van der Waals surface area contributed by atoms with E-state index in [-0.39, 0.29) is 0 Å². The van der Waals surface area contributed by atoms with Crippen LogP contribution in [0, 0.1) is 0 Å². The van der Waals surface area contributed by atoms with Crippen LogP contribution in [0.4, 0.5) is 0 Å². The van der Waals surface area contributed by atoms with Crippen molar-refractivity contribution >= 4 is 77.2 Å². The molecule has 4 N–H and O–H groups in total. The zero-order chi connectivity index (χ0) is 25.9. The number of rotatable bonds is 0. The molecule has 0 spiro atoms. The lowest BCUT2D eigenvalue weighted by Crippen LogP contribution is -1.83. The Labute approximate surface area is 222 Å². The first-order valence-electron chi connectivity index (χ1n) is 12.9. The number of nitrogens with one attached hydrogen (secondary N) is 4. The maximum Gasteiger partial charge on any atom is 0.159 e. The minimum absolute atomic E-state index is 0.654. The fraction of sp³-hybridized carbons (Fsp3) is 0. The van der Waals surface area contributed by atoms with Crippen molar-refractivity contribution in [3.05, 3.63) is 73.3 Å². The number of hydrogen-bond acceptors (Lipinski definition) is 6. The third kappa shape index (κ3) is 2.38. The molecular formula is C30H16N10. The van der Waals surface area contributed by atoms with Crippen LogP contribution in [0.25, 0.3) is 99.7 Å². The maximum absolute atomic E-state index is 5.25. The Balaban J connectivity index is 1.66. The summed E-state index contributed by atoms with van der Waals surface area (Å²) < 4.78 is 0. The molecule has 0 fully saturated rings. The van der Waals surface area contributed by atoms with Gasteiger partial charge in [0.05, 0.1) is 33.5 Å². The number of nitrogens with zero attached hydrogens (tertiary/aromatic N) is 6. The Morgan fingerprint density at radius 2 is 0.925 bits per heavy atom. The molecule has 0 saturated heterocycles. The Morgan fingerprint density at radius 1 is 0.450 bits per heavy atom. The SMILES string of the molecule is c1c[nH]c2c3nc4[nH]c(nc5c6ccc[nH]c-6c6nc7[nH]c(nc(c-2c1)c3c56)c1ncccc71)c1ncccc41. The van der Waals surface area contributed by atoms with E-state index in [1.54, 1.807) is 12.4 Å². The highest BCUT2D eigenvalue weighted by atomic mass is 15.0. The van der Waals surface area contributed by atoms with Crippen LogP contribution >= 0.6 is 0 Å². The fourth-order valence-electron chi connectivity index (χ4n) is 6.17. The van der Waals surface area contributed by atoms with Gasteiger partial charge in [-0.2, -0.15) is 0 Å². The van der Waals surface area contributed by atoms with Crippen LogP contribution < -0.4 is 0 Å². The average molecular weight is 517 g/mol. The van der Waals surface area contributed by atoms with Crippen LogP contribution in [-0.2, 0) is 0 Å². The van der Waals surface area contributed by atoms with Gasteiger partial charge < -0.3 is 19.9 Å². The predicted octanol–water partition coefficient (Wildman–Crippen LogP) is 6.21. The maximum atomic E-state index is 5.25. The van der Waals surface area contributed by atoms with E-state index in [4.69, 9.17) is 19.9 Å². The van der Waals surface area contributed by atoms with Crippen molar-refractivity contribution in [2.24, 2.45) is 0 Å². The van der Waals surface area contributed by atoms with E-state index in [2.05, 4.69) is 42.0 Å². The fourth-order valence-corrected chi connectivity index (χ4v) is 6.17. The van der Waals surface area contributed by atoms with Crippen molar-refractivity contribution in [2.75, 3.05) is 0 Å². The molecule has 4 aliphatic rings. The molecule has 0 unspecified atom stereocenters. The number of fused-ring (bicyclic) bond motifs is 16. The molecule has 0 aromatic carbocycles. The van der Waals surface area contributed by atoms with Gasteiger partial charge in [-0.25, -0.2) is 19.9 Å². The molecule has 40 heavy (non-hydrogen) atoms. The van der Waals surface area contributed by atoms with E-state index in [0.717, 1.165) is 77.2 Å². The first kappa shape index (κ1) is 20.1. The summed E-state index contributed by atoms with van der Waals surface area (Å²) in [5.41, 5.74) is 11.0. The van der Waals surface area contributed by atoms with Crippen molar-refractivity contribution in [1.29, 1.82) is 0 Å². The van der Waals surface area contributed by atoms with Gasteiger partial charge >= 0.3 is 0 Å². The number of pyridine rings is 4. The lowest BCUT2D eigenvalue weighted by molar-refractivity contribution is 1.31. The zero-order valence-electron chi connectivity index (χ0n) is 20.6. The van der Waals surface area contributed by atoms with Gasteiger partial charge in [0.25, 0.3) is 0 Å². The van der Waals surface area contributed by atoms with Crippen LogP contribution in [0.5, 0.6) is 0 Å². The smallest absolute Gasteiger partial charge is 0.159 e. The summed E-state index contributed by atoms with van der Waals surface area (Å²) in [5, 5.41) is 3.54. The molecule has 186 valence electrons. The van der Waals surface area contributed by atoms with Gasteiger partial charge in [-0.1, -0.05) is 0 Å². The molecule has 6 aromatic heterocycles. The summed E-state index contributed by atoms with van der Waals surface area (Å²) in [6, 6.07) is 16.0. The molecule has 8 heterocycles. The van der Waals surface area contributed by atoms with Gasteiger partial charge in [-0.05, 0) is 48.5 Å². The van der Waals surface area contributed by atoms with Gasteiger partial charge in [0, 0.05) is 57.5 Å². The lowest BCUT2D eigenvalue weighted by atomic mass is 10.2. The van der Waals surface area contributed by atoms with E-state index < -0.39 is 0 Å². The molecular weight excluding hydrogens is 500 g/mol. The summed E-state index contributed by atoms with van der Waals surface area (Å²) >= 11 is 0. The molecule has 0 saturated carbocycles. The lowest BCUT2D eigenvalue weighted by Gasteiger charge is -1.97. The molecule has 2 aliphatic carbocycles. The zero-order valence-corrected chi connectivity index (χ0v) is 20.6.